The summed E-state index contributed by atoms with van der Waals surface area (Å²) in [5.74, 6) is 1.19. The predicted octanol–water partition coefficient (Wildman–Crippen LogP) is 5.51. The zero-order valence-corrected chi connectivity index (χ0v) is 17.3. The van der Waals surface area contributed by atoms with Gasteiger partial charge in [0.25, 0.3) is 5.91 Å². The van der Waals surface area contributed by atoms with Crippen LogP contribution in [0.25, 0.3) is 10.1 Å². The van der Waals surface area contributed by atoms with Crippen molar-refractivity contribution in [2.24, 2.45) is 5.10 Å². The fourth-order valence-electron chi connectivity index (χ4n) is 2.52. The molecule has 1 amide bonds. The van der Waals surface area contributed by atoms with Crippen LogP contribution in [0.15, 0.2) is 47.6 Å². The lowest BCUT2D eigenvalue weighted by atomic mass is 10.2. The van der Waals surface area contributed by atoms with Gasteiger partial charge in [-0.15, -0.1) is 11.3 Å². The first-order valence-corrected chi connectivity index (χ1v) is 10.1. The lowest BCUT2D eigenvalue weighted by molar-refractivity contribution is 0.0959. The highest BCUT2D eigenvalue weighted by Crippen LogP contribution is 2.37. The molecule has 0 aliphatic rings. The van der Waals surface area contributed by atoms with E-state index in [0.29, 0.717) is 16.5 Å². The van der Waals surface area contributed by atoms with E-state index in [1.165, 1.54) is 11.3 Å². The Hall–Kier alpha value is -2.57. The number of hydrazone groups is 1. The lowest BCUT2D eigenvalue weighted by Gasteiger charge is -2.04. The van der Waals surface area contributed by atoms with Gasteiger partial charge in [-0.25, -0.2) is 5.43 Å². The minimum Gasteiger partial charge on any atom is -0.497 e. The van der Waals surface area contributed by atoms with Gasteiger partial charge in [0, 0.05) is 10.1 Å². The number of hydrogen-bond acceptors (Lipinski definition) is 5. The van der Waals surface area contributed by atoms with Crippen molar-refractivity contribution in [2.75, 3.05) is 13.7 Å². The number of ether oxygens (including phenoxy) is 2. The third-order valence-electron chi connectivity index (χ3n) is 4.07. The van der Waals surface area contributed by atoms with Gasteiger partial charge >= 0.3 is 0 Å². The first kappa shape index (κ1) is 20.2. The molecular formula is C21H21ClN2O3S. The van der Waals surface area contributed by atoms with Gasteiger partial charge in [-0.05, 0) is 54.4 Å². The average molecular weight is 417 g/mol. The quantitative estimate of drug-likeness (QED) is 0.299. The zero-order chi connectivity index (χ0) is 19.9. The topological polar surface area (TPSA) is 59.9 Å². The van der Waals surface area contributed by atoms with Crippen LogP contribution in [0.2, 0.25) is 5.02 Å². The Morgan fingerprint density at radius 2 is 1.96 bits per heavy atom. The number of rotatable bonds is 8. The van der Waals surface area contributed by atoms with Crippen LogP contribution >= 0.6 is 22.9 Å². The van der Waals surface area contributed by atoms with Crippen molar-refractivity contribution >= 4 is 45.1 Å². The van der Waals surface area contributed by atoms with Gasteiger partial charge in [0.2, 0.25) is 0 Å². The molecule has 0 aliphatic heterocycles. The van der Waals surface area contributed by atoms with Crippen molar-refractivity contribution < 1.29 is 14.3 Å². The molecule has 0 radical (unpaired) electrons. The van der Waals surface area contributed by atoms with Gasteiger partial charge in [0.05, 0.1) is 25.0 Å². The molecule has 146 valence electrons. The minimum atomic E-state index is -0.346. The molecule has 1 N–H and O–H groups in total. The molecule has 3 rings (SSSR count). The molecule has 1 heterocycles. The molecule has 0 unspecified atom stereocenters. The number of nitrogens with zero attached hydrogens (tertiary/aromatic N) is 1. The number of benzene rings is 2. The molecule has 28 heavy (non-hydrogen) atoms. The monoisotopic (exact) mass is 416 g/mol. The number of amides is 1. The van der Waals surface area contributed by atoms with E-state index in [1.54, 1.807) is 13.3 Å². The first-order valence-electron chi connectivity index (χ1n) is 8.94. The fourth-order valence-corrected chi connectivity index (χ4v) is 3.95. The second-order valence-electron chi connectivity index (χ2n) is 6.08. The van der Waals surface area contributed by atoms with Gasteiger partial charge in [-0.3, -0.25) is 4.79 Å². The molecule has 5 nitrogen and oxygen atoms in total. The van der Waals surface area contributed by atoms with Crippen LogP contribution in [-0.4, -0.2) is 25.8 Å². The van der Waals surface area contributed by atoms with E-state index in [2.05, 4.69) is 17.5 Å². The summed E-state index contributed by atoms with van der Waals surface area (Å²) < 4.78 is 11.7. The average Bonchev–Trinajstić information content (AvgIpc) is 3.05. The Morgan fingerprint density at radius 3 is 2.68 bits per heavy atom. The highest BCUT2D eigenvalue weighted by atomic mass is 35.5. The summed E-state index contributed by atoms with van der Waals surface area (Å²) in [5.41, 5.74) is 3.39. The van der Waals surface area contributed by atoms with E-state index in [0.717, 1.165) is 40.0 Å². The highest BCUT2D eigenvalue weighted by Gasteiger charge is 2.17. The molecule has 1 aromatic heterocycles. The van der Waals surface area contributed by atoms with Crippen LogP contribution in [0.3, 0.4) is 0 Å². The molecule has 0 bridgehead atoms. The number of fused-ring (bicyclic) bond motifs is 1. The summed E-state index contributed by atoms with van der Waals surface area (Å²) in [6.45, 7) is 2.84. The second kappa shape index (κ2) is 9.57. The maximum atomic E-state index is 12.4. The van der Waals surface area contributed by atoms with Crippen molar-refractivity contribution in [2.45, 2.75) is 19.8 Å². The Balaban J connectivity index is 1.63. The molecule has 3 aromatic rings. The molecule has 0 saturated heterocycles. The van der Waals surface area contributed by atoms with Crippen molar-refractivity contribution in [1.82, 2.24) is 5.43 Å². The number of methoxy groups -OCH3 is 1. The Kier molecular flexibility index (Phi) is 6.90. The molecule has 0 saturated carbocycles. The van der Waals surface area contributed by atoms with Gasteiger partial charge in [-0.2, -0.15) is 5.10 Å². The Bertz CT molecular complexity index is 983. The highest BCUT2D eigenvalue weighted by molar-refractivity contribution is 7.21. The third kappa shape index (κ3) is 4.82. The van der Waals surface area contributed by atoms with Crippen molar-refractivity contribution in [3.63, 3.8) is 0 Å². The largest absolute Gasteiger partial charge is 0.497 e. The van der Waals surface area contributed by atoms with Gasteiger partial charge in [0.1, 0.15) is 16.4 Å². The smallest absolute Gasteiger partial charge is 0.283 e. The van der Waals surface area contributed by atoms with Crippen LogP contribution in [0.5, 0.6) is 11.5 Å². The van der Waals surface area contributed by atoms with Crippen LogP contribution in [0.4, 0.5) is 0 Å². The van der Waals surface area contributed by atoms with Crippen molar-refractivity contribution in [1.29, 1.82) is 0 Å². The number of carbonyl (C=O) groups is 1. The number of unbranched alkanes of at least 4 members (excludes halogenated alkanes) is 1. The van der Waals surface area contributed by atoms with Gasteiger partial charge < -0.3 is 9.47 Å². The normalized spacial score (nSPS) is 11.1. The summed E-state index contributed by atoms with van der Waals surface area (Å²) in [4.78, 5) is 12.8. The maximum absolute atomic E-state index is 12.4. The van der Waals surface area contributed by atoms with Gasteiger partial charge in [-0.1, -0.05) is 24.9 Å². The minimum absolute atomic E-state index is 0.346. The fraction of sp³-hybridized carbons (Fsp3) is 0.238. The number of nitrogens with one attached hydrogen (secondary N) is 1. The Labute approximate surface area is 172 Å². The maximum Gasteiger partial charge on any atom is 0.283 e. The molecule has 0 fully saturated rings. The summed E-state index contributed by atoms with van der Waals surface area (Å²) in [6.07, 6.45) is 3.71. The molecule has 0 atom stereocenters. The van der Waals surface area contributed by atoms with Crippen LogP contribution < -0.4 is 14.9 Å². The standard InChI is InChI=1S/C21H21ClN2O3S/c1-3-4-11-27-15-7-5-14(6-8-15)13-23-24-21(25)20-19(22)17-10-9-16(26-2)12-18(17)28-20/h5-10,12-13H,3-4,11H2,1-2H3,(H,24,25)/b23-13-. The SMILES string of the molecule is CCCCOc1ccc(/C=N\NC(=O)c2sc3cc(OC)ccc3c2Cl)cc1. The van der Waals surface area contributed by atoms with Crippen LogP contribution in [0, 0.1) is 0 Å². The molecule has 0 spiro atoms. The van der Waals surface area contributed by atoms with Gasteiger partial charge in [0.15, 0.2) is 0 Å². The molecule has 0 aliphatic carbocycles. The summed E-state index contributed by atoms with van der Waals surface area (Å²) >= 11 is 7.66. The predicted molar refractivity (Wildman–Crippen MR) is 115 cm³/mol. The second-order valence-corrected chi connectivity index (χ2v) is 7.51. The Morgan fingerprint density at radius 1 is 1.21 bits per heavy atom. The summed E-state index contributed by atoms with van der Waals surface area (Å²) in [7, 11) is 1.60. The summed E-state index contributed by atoms with van der Waals surface area (Å²) in [5, 5.41) is 5.27. The third-order valence-corrected chi connectivity index (χ3v) is 5.73. The van der Waals surface area contributed by atoms with E-state index >= 15 is 0 Å². The number of halogens is 1. The number of thiophene rings is 1. The zero-order valence-electron chi connectivity index (χ0n) is 15.7. The lowest BCUT2D eigenvalue weighted by Crippen LogP contribution is -2.16. The van der Waals surface area contributed by atoms with E-state index in [4.69, 9.17) is 21.1 Å². The van der Waals surface area contributed by atoms with Crippen LogP contribution in [-0.2, 0) is 0 Å². The molecule has 7 heteroatoms. The summed E-state index contributed by atoms with van der Waals surface area (Å²) in [6, 6.07) is 13.1. The van der Waals surface area contributed by atoms with E-state index in [1.807, 2.05) is 42.5 Å². The van der Waals surface area contributed by atoms with E-state index in [9.17, 15) is 4.79 Å². The first-order chi connectivity index (χ1) is 13.6. The van der Waals surface area contributed by atoms with E-state index in [-0.39, 0.29) is 5.91 Å². The molecular weight excluding hydrogens is 396 g/mol. The molecule has 2 aromatic carbocycles. The number of carbonyl (C=O) groups excluding carboxylic acids is 1. The van der Waals surface area contributed by atoms with Crippen molar-refractivity contribution in [3.8, 4) is 11.5 Å². The van der Waals surface area contributed by atoms with Crippen LogP contribution in [0.1, 0.15) is 35.0 Å². The number of hydrogen-bond donors (Lipinski definition) is 1. The van der Waals surface area contributed by atoms with E-state index < -0.39 is 0 Å². The van der Waals surface area contributed by atoms with Crippen molar-refractivity contribution in [3.05, 3.63) is 57.9 Å².